The maximum Gasteiger partial charge on any atom is 0.294 e. The van der Waals surface area contributed by atoms with E-state index in [4.69, 9.17) is 0 Å². The largest absolute Gasteiger partial charge is 0.376 e. The summed E-state index contributed by atoms with van der Waals surface area (Å²) >= 11 is 0. The van der Waals surface area contributed by atoms with Gasteiger partial charge in [-0.05, 0) is 75.2 Å². The summed E-state index contributed by atoms with van der Waals surface area (Å²) < 4.78 is 67.9. The minimum Gasteiger partial charge on any atom is -0.376 e. The highest BCUT2D eigenvalue weighted by Crippen LogP contribution is 2.41. The number of hydrogen-bond donors (Lipinski definition) is 3. The van der Waals surface area contributed by atoms with E-state index < -0.39 is 35.6 Å². The third-order valence-corrected chi connectivity index (χ3v) is 8.49. The second-order valence-corrected chi connectivity index (χ2v) is 11.6. The maximum absolute atomic E-state index is 12.4. The van der Waals surface area contributed by atoms with Crippen molar-refractivity contribution >= 4 is 31.6 Å². The molecule has 206 valence electrons. The minimum absolute atomic E-state index is 0.265. The minimum atomic E-state index is -5.03. The van der Waals surface area contributed by atoms with Crippen molar-refractivity contribution in [1.29, 1.82) is 0 Å². The van der Waals surface area contributed by atoms with Crippen molar-refractivity contribution in [3.8, 4) is 0 Å². The second kappa shape index (κ2) is 11.4. The average Bonchev–Trinajstić information content (AvgIpc) is 2.89. The van der Waals surface area contributed by atoms with E-state index in [-0.39, 0.29) is 5.56 Å². The Bertz CT molecular complexity index is 1410. The molecule has 0 bridgehead atoms. The van der Waals surface area contributed by atoms with Gasteiger partial charge in [-0.1, -0.05) is 30.3 Å². The molecule has 0 unspecified atom stereocenters. The summed E-state index contributed by atoms with van der Waals surface area (Å²) in [7, 11) is -9.81. The van der Waals surface area contributed by atoms with Gasteiger partial charge < -0.3 is 14.9 Å². The Balaban J connectivity index is 2.34. The summed E-state index contributed by atoms with van der Waals surface area (Å²) in [5.41, 5.74) is 0.0249. The summed E-state index contributed by atoms with van der Waals surface area (Å²) in [6.07, 6.45) is 0. The molecule has 3 aromatic rings. The van der Waals surface area contributed by atoms with Crippen LogP contribution in [0.4, 0.5) is 11.4 Å². The first-order valence-corrected chi connectivity index (χ1v) is 15.2. The van der Waals surface area contributed by atoms with E-state index in [1.807, 2.05) is 27.7 Å². The molecule has 0 aromatic heterocycles. The summed E-state index contributed by atoms with van der Waals surface area (Å²) in [4.78, 5) is 2.64. The third kappa shape index (κ3) is 5.87. The van der Waals surface area contributed by atoms with Crippen LogP contribution in [0, 0.1) is 0 Å². The number of benzene rings is 3. The molecule has 3 N–H and O–H groups in total. The Morgan fingerprint density at radius 3 is 1.34 bits per heavy atom. The number of rotatable bonds is 11. The fourth-order valence-corrected chi connectivity index (χ4v) is 6.01. The van der Waals surface area contributed by atoms with Crippen LogP contribution in [0.2, 0.25) is 0 Å². The van der Waals surface area contributed by atoms with E-state index in [1.54, 1.807) is 48.5 Å². The van der Waals surface area contributed by atoms with Gasteiger partial charge in [-0.25, -0.2) is 0 Å². The molecule has 3 aromatic carbocycles. The van der Waals surface area contributed by atoms with Crippen LogP contribution in [0.15, 0.2) is 76.5 Å². The molecule has 0 fully saturated rings. The zero-order valence-electron chi connectivity index (χ0n) is 21.9. The van der Waals surface area contributed by atoms with Crippen molar-refractivity contribution in [2.45, 2.75) is 43.1 Å². The van der Waals surface area contributed by atoms with Gasteiger partial charge >= 0.3 is 0 Å². The molecule has 3 rings (SSSR count). The fraction of sp³-hybridized carbons (Fsp3) is 0.333. The van der Waals surface area contributed by atoms with Crippen molar-refractivity contribution in [3.63, 3.8) is 0 Å². The molecule has 9 nitrogen and oxygen atoms in total. The predicted molar refractivity (Wildman–Crippen MR) is 148 cm³/mol. The van der Waals surface area contributed by atoms with Crippen LogP contribution in [-0.4, -0.2) is 57.2 Å². The molecule has 0 radical (unpaired) electrons. The SMILES string of the molecule is CCN(CC)c1ccc(C(O)(c2ccc(N(CC)CC)cc2)c2ccc(S(=O)(=O)O)cc2S(=O)(=O)O)cc1. The van der Waals surface area contributed by atoms with Crippen LogP contribution < -0.4 is 9.80 Å². The standard InChI is InChI=1S/C27H34N2O7S2/c1-5-28(6-2)22-13-9-20(10-14-22)27(30,21-11-15-23(16-12-21)29(7-3)8-4)25-18-17-24(37(31,32)33)19-26(25)38(34,35)36/h9-19,30H,5-8H2,1-4H3,(H,31,32,33)(H,34,35,36). The van der Waals surface area contributed by atoms with Crippen LogP contribution >= 0.6 is 0 Å². The van der Waals surface area contributed by atoms with Crippen molar-refractivity contribution < 1.29 is 31.0 Å². The van der Waals surface area contributed by atoms with Gasteiger partial charge in [0.1, 0.15) is 10.5 Å². The van der Waals surface area contributed by atoms with E-state index in [9.17, 15) is 31.0 Å². The van der Waals surface area contributed by atoms with E-state index in [0.29, 0.717) is 17.2 Å². The molecular weight excluding hydrogens is 528 g/mol. The Hall–Kier alpha value is -2.96. The number of anilines is 2. The quantitative estimate of drug-likeness (QED) is 0.233. The van der Waals surface area contributed by atoms with Gasteiger partial charge in [0.25, 0.3) is 20.2 Å². The Labute approximate surface area is 224 Å². The van der Waals surface area contributed by atoms with Crippen molar-refractivity contribution in [1.82, 2.24) is 0 Å². The van der Waals surface area contributed by atoms with E-state index in [1.165, 1.54) is 0 Å². The number of hydrogen-bond acceptors (Lipinski definition) is 7. The molecule has 0 saturated carbocycles. The fourth-order valence-electron chi connectivity index (χ4n) is 4.66. The summed E-state index contributed by atoms with van der Waals surface area (Å²) in [6, 6.07) is 16.6. The Morgan fingerprint density at radius 2 is 1.03 bits per heavy atom. The zero-order chi connectivity index (χ0) is 28.3. The van der Waals surface area contributed by atoms with Crippen molar-refractivity contribution in [3.05, 3.63) is 83.4 Å². The molecule has 38 heavy (non-hydrogen) atoms. The van der Waals surface area contributed by atoms with Gasteiger partial charge in [0.2, 0.25) is 0 Å². The lowest BCUT2D eigenvalue weighted by Gasteiger charge is -2.33. The first-order chi connectivity index (χ1) is 17.8. The summed E-state index contributed by atoms with van der Waals surface area (Å²) in [5.74, 6) is 0. The van der Waals surface area contributed by atoms with Crippen molar-refractivity contribution in [2.75, 3.05) is 36.0 Å². The summed E-state index contributed by atoms with van der Waals surface area (Å²) in [5, 5.41) is 12.3. The second-order valence-electron chi connectivity index (χ2n) is 8.76. The number of aliphatic hydroxyl groups is 1. The topological polar surface area (TPSA) is 135 Å². The molecular formula is C27H34N2O7S2. The van der Waals surface area contributed by atoms with Crippen LogP contribution in [-0.2, 0) is 25.8 Å². The van der Waals surface area contributed by atoms with Crippen LogP contribution in [0.5, 0.6) is 0 Å². The van der Waals surface area contributed by atoms with Gasteiger partial charge in [0.05, 0.1) is 4.90 Å². The van der Waals surface area contributed by atoms with Gasteiger partial charge in [0, 0.05) is 43.1 Å². The molecule has 0 aliphatic heterocycles. The Kier molecular flexibility index (Phi) is 8.89. The molecule has 11 heteroatoms. The first kappa shape index (κ1) is 29.6. The molecule has 0 atom stereocenters. The lowest BCUT2D eigenvalue weighted by Crippen LogP contribution is -2.31. The first-order valence-electron chi connectivity index (χ1n) is 12.3. The monoisotopic (exact) mass is 562 g/mol. The molecule has 0 spiro atoms. The van der Waals surface area contributed by atoms with E-state index in [2.05, 4.69) is 9.80 Å². The lowest BCUT2D eigenvalue weighted by atomic mass is 9.80. The van der Waals surface area contributed by atoms with Gasteiger partial charge in [0.15, 0.2) is 0 Å². The highest BCUT2D eigenvalue weighted by molar-refractivity contribution is 7.86. The number of nitrogens with zero attached hydrogens (tertiary/aromatic N) is 2. The average molecular weight is 563 g/mol. The smallest absolute Gasteiger partial charge is 0.294 e. The Morgan fingerprint density at radius 1 is 0.632 bits per heavy atom. The van der Waals surface area contributed by atoms with Crippen LogP contribution in [0.3, 0.4) is 0 Å². The maximum atomic E-state index is 12.4. The highest BCUT2D eigenvalue weighted by Gasteiger charge is 2.39. The normalized spacial score (nSPS) is 12.4. The van der Waals surface area contributed by atoms with E-state index in [0.717, 1.165) is 49.7 Å². The van der Waals surface area contributed by atoms with Crippen LogP contribution in [0.25, 0.3) is 0 Å². The molecule has 0 heterocycles. The molecule has 0 amide bonds. The zero-order valence-corrected chi connectivity index (χ0v) is 23.5. The van der Waals surface area contributed by atoms with Crippen molar-refractivity contribution in [2.24, 2.45) is 0 Å². The van der Waals surface area contributed by atoms with Crippen LogP contribution in [0.1, 0.15) is 44.4 Å². The lowest BCUT2D eigenvalue weighted by molar-refractivity contribution is 0.122. The predicted octanol–water partition coefficient (Wildman–Crippen LogP) is 4.16. The van der Waals surface area contributed by atoms with E-state index >= 15 is 0 Å². The molecule has 0 aliphatic carbocycles. The van der Waals surface area contributed by atoms with Gasteiger partial charge in [-0.15, -0.1) is 0 Å². The highest BCUT2D eigenvalue weighted by atomic mass is 32.2. The molecule has 0 aliphatic rings. The molecule has 0 saturated heterocycles. The summed E-state index contributed by atoms with van der Waals surface area (Å²) in [6.45, 7) is 11.1. The van der Waals surface area contributed by atoms with Gasteiger partial charge in [-0.2, -0.15) is 16.8 Å². The van der Waals surface area contributed by atoms with Gasteiger partial charge in [-0.3, -0.25) is 9.11 Å². The third-order valence-electron chi connectivity index (χ3n) is 6.75.